The lowest BCUT2D eigenvalue weighted by Gasteiger charge is -2.27. The highest BCUT2D eigenvalue weighted by molar-refractivity contribution is 6.01. The Balaban J connectivity index is 1.92. The number of hydrogen-bond acceptors (Lipinski definition) is 4. The van der Waals surface area contributed by atoms with Gasteiger partial charge in [0, 0.05) is 24.2 Å². The number of nitrogens with zero attached hydrogens (tertiary/aromatic N) is 1. The number of halogens is 2. The Kier molecular flexibility index (Phi) is 4.30. The molecule has 2 N–H and O–H groups in total. The Labute approximate surface area is 132 Å². The van der Waals surface area contributed by atoms with Crippen molar-refractivity contribution in [2.45, 2.75) is 37.6 Å². The standard InChI is InChI=1S/C16H18F2N2O3/c17-12-6-10(20-5-1-2-9(20)8-21)7-13(18)15(12)11-3-4-14(22)19-16(11)23/h6-7,9,11,21H,1-5,8H2,(H,19,22,23)/t9-,11-/m1/s1. The lowest BCUT2D eigenvalue weighted by molar-refractivity contribution is -0.134. The van der Waals surface area contributed by atoms with Crippen LogP contribution in [0.4, 0.5) is 14.5 Å². The largest absolute Gasteiger partial charge is 0.394 e. The number of anilines is 1. The molecular formula is C16H18F2N2O3. The number of nitrogens with one attached hydrogen (secondary N) is 1. The molecule has 2 aliphatic rings. The molecule has 124 valence electrons. The molecule has 2 amide bonds. The molecule has 3 rings (SSSR count). The molecule has 23 heavy (non-hydrogen) atoms. The Morgan fingerprint density at radius 1 is 1.22 bits per heavy atom. The minimum absolute atomic E-state index is 0.0652. The van der Waals surface area contributed by atoms with E-state index in [9.17, 15) is 23.5 Å². The number of aliphatic hydroxyl groups is 1. The van der Waals surface area contributed by atoms with Crippen LogP contribution in [-0.2, 0) is 9.59 Å². The van der Waals surface area contributed by atoms with Crippen LogP contribution in [0, 0.1) is 11.6 Å². The molecule has 0 spiro atoms. The summed E-state index contributed by atoms with van der Waals surface area (Å²) in [6.45, 7) is 0.556. The first-order chi connectivity index (χ1) is 11.0. The van der Waals surface area contributed by atoms with E-state index in [2.05, 4.69) is 5.32 Å². The van der Waals surface area contributed by atoms with E-state index >= 15 is 0 Å². The van der Waals surface area contributed by atoms with Gasteiger partial charge in [-0.2, -0.15) is 0 Å². The minimum atomic E-state index is -0.992. The van der Waals surface area contributed by atoms with Gasteiger partial charge in [0.05, 0.1) is 18.6 Å². The number of carbonyl (C=O) groups excluding carboxylic acids is 2. The monoisotopic (exact) mass is 324 g/mol. The van der Waals surface area contributed by atoms with E-state index in [1.54, 1.807) is 4.90 Å². The third-order valence-electron chi connectivity index (χ3n) is 4.57. The van der Waals surface area contributed by atoms with E-state index in [-0.39, 0.29) is 31.1 Å². The zero-order valence-electron chi connectivity index (χ0n) is 12.5. The van der Waals surface area contributed by atoms with Crippen molar-refractivity contribution in [1.82, 2.24) is 5.32 Å². The number of hydrogen-bond donors (Lipinski definition) is 2. The van der Waals surface area contributed by atoms with Gasteiger partial charge in [-0.15, -0.1) is 0 Å². The molecule has 0 bridgehead atoms. The smallest absolute Gasteiger partial charge is 0.234 e. The van der Waals surface area contributed by atoms with Gasteiger partial charge in [0.1, 0.15) is 11.6 Å². The number of piperidine rings is 1. The summed E-state index contributed by atoms with van der Waals surface area (Å²) in [6, 6.07) is 2.27. The van der Waals surface area contributed by atoms with Crippen LogP contribution < -0.4 is 10.2 Å². The fraction of sp³-hybridized carbons (Fsp3) is 0.500. The van der Waals surface area contributed by atoms with Crippen molar-refractivity contribution in [1.29, 1.82) is 0 Å². The van der Waals surface area contributed by atoms with Crippen LogP contribution in [0.25, 0.3) is 0 Å². The van der Waals surface area contributed by atoms with E-state index < -0.39 is 29.4 Å². The Hall–Kier alpha value is -2.02. The molecule has 1 aromatic carbocycles. The lowest BCUT2D eigenvalue weighted by Crippen LogP contribution is -2.40. The predicted octanol–water partition coefficient (Wildman–Crippen LogP) is 1.45. The van der Waals surface area contributed by atoms with Crippen LogP contribution in [0.15, 0.2) is 12.1 Å². The number of benzene rings is 1. The maximum Gasteiger partial charge on any atom is 0.234 e. The van der Waals surface area contributed by atoms with Crippen molar-refractivity contribution in [3.05, 3.63) is 29.3 Å². The van der Waals surface area contributed by atoms with Gasteiger partial charge in [-0.05, 0) is 31.4 Å². The summed E-state index contributed by atoms with van der Waals surface area (Å²) in [5.74, 6) is -3.67. The number of amides is 2. The number of carbonyl (C=O) groups is 2. The van der Waals surface area contributed by atoms with Crippen LogP contribution in [0.5, 0.6) is 0 Å². The van der Waals surface area contributed by atoms with Gasteiger partial charge in [-0.1, -0.05) is 0 Å². The third-order valence-corrected chi connectivity index (χ3v) is 4.57. The molecule has 2 atom stereocenters. The van der Waals surface area contributed by atoms with Gasteiger partial charge < -0.3 is 10.0 Å². The first kappa shape index (κ1) is 15.9. The van der Waals surface area contributed by atoms with Crippen molar-refractivity contribution in [3.63, 3.8) is 0 Å². The van der Waals surface area contributed by atoms with Gasteiger partial charge in [0.2, 0.25) is 11.8 Å². The highest BCUT2D eigenvalue weighted by atomic mass is 19.1. The van der Waals surface area contributed by atoms with E-state index in [1.807, 2.05) is 0 Å². The van der Waals surface area contributed by atoms with Crippen molar-refractivity contribution < 1.29 is 23.5 Å². The fourth-order valence-electron chi connectivity index (χ4n) is 3.40. The normalized spacial score (nSPS) is 24.9. The SMILES string of the molecule is O=C1CC[C@H](c2c(F)cc(N3CCC[C@@H]3CO)cc2F)C(=O)N1. The molecule has 0 aromatic heterocycles. The van der Waals surface area contributed by atoms with Crippen LogP contribution in [0.2, 0.25) is 0 Å². The van der Waals surface area contributed by atoms with Gasteiger partial charge >= 0.3 is 0 Å². The molecule has 2 heterocycles. The van der Waals surface area contributed by atoms with Crippen molar-refractivity contribution in [3.8, 4) is 0 Å². The molecule has 0 saturated carbocycles. The second-order valence-corrected chi connectivity index (χ2v) is 6.00. The van der Waals surface area contributed by atoms with Crippen LogP contribution in [0.1, 0.15) is 37.2 Å². The average molecular weight is 324 g/mol. The first-order valence-corrected chi connectivity index (χ1v) is 7.71. The average Bonchev–Trinajstić information content (AvgIpc) is 2.97. The summed E-state index contributed by atoms with van der Waals surface area (Å²) in [6.07, 6.45) is 1.79. The summed E-state index contributed by atoms with van der Waals surface area (Å²) in [7, 11) is 0. The van der Waals surface area contributed by atoms with E-state index in [0.717, 1.165) is 12.8 Å². The minimum Gasteiger partial charge on any atom is -0.394 e. The second kappa shape index (κ2) is 6.23. The van der Waals surface area contributed by atoms with Crippen LogP contribution >= 0.6 is 0 Å². The van der Waals surface area contributed by atoms with Crippen molar-refractivity contribution >= 4 is 17.5 Å². The fourth-order valence-corrected chi connectivity index (χ4v) is 3.40. The maximum atomic E-state index is 14.5. The van der Waals surface area contributed by atoms with Gasteiger partial charge in [0.15, 0.2) is 0 Å². The molecule has 2 aliphatic heterocycles. The molecule has 2 saturated heterocycles. The highest BCUT2D eigenvalue weighted by Crippen LogP contribution is 2.34. The Morgan fingerprint density at radius 3 is 2.52 bits per heavy atom. The molecule has 7 heteroatoms. The van der Waals surface area contributed by atoms with Crippen LogP contribution in [-0.4, -0.2) is 36.1 Å². The lowest BCUT2D eigenvalue weighted by atomic mass is 9.89. The van der Waals surface area contributed by atoms with Crippen LogP contribution in [0.3, 0.4) is 0 Å². The molecule has 0 aliphatic carbocycles. The van der Waals surface area contributed by atoms with Gasteiger partial charge in [-0.3, -0.25) is 14.9 Å². The predicted molar refractivity (Wildman–Crippen MR) is 78.9 cm³/mol. The summed E-state index contributed by atoms with van der Waals surface area (Å²) < 4.78 is 28.9. The molecule has 5 nitrogen and oxygen atoms in total. The molecule has 2 fully saturated rings. The zero-order valence-corrected chi connectivity index (χ0v) is 12.5. The third kappa shape index (κ3) is 2.93. The molecule has 0 radical (unpaired) electrons. The molecule has 1 aromatic rings. The van der Waals surface area contributed by atoms with Crippen molar-refractivity contribution in [2.24, 2.45) is 0 Å². The van der Waals surface area contributed by atoms with E-state index in [1.165, 1.54) is 12.1 Å². The van der Waals surface area contributed by atoms with Crippen molar-refractivity contribution in [2.75, 3.05) is 18.1 Å². The Morgan fingerprint density at radius 2 is 1.91 bits per heavy atom. The highest BCUT2D eigenvalue weighted by Gasteiger charge is 2.33. The van der Waals surface area contributed by atoms with Gasteiger partial charge in [-0.25, -0.2) is 8.78 Å². The second-order valence-electron chi connectivity index (χ2n) is 6.00. The number of rotatable bonds is 3. The maximum absolute atomic E-state index is 14.5. The summed E-state index contributed by atoms with van der Waals surface area (Å²) in [5.41, 5.74) is 0.0751. The van der Waals surface area contributed by atoms with Gasteiger partial charge in [0.25, 0.3) is 0 Å². The quantitative estimate of drug-likeness (QED) is 0.826. The zero-order chi connectivity index (χ0) is 16.6. The number of aliphatic hydroxyl groups excluding tert-OH is 1. The van der Waals surface area contributed by atoms with E-state index in [4.69, 9.17) is 0 Å². The number of imide groups is 1. The molecular weight excluding hydrogens is 306 g/mol. The topological polar surface area (TPSA) is 69.6 Å². The summed E-state index contributed by atoms with van der Waals surface area (Å²) in [4.78, 5) is 24.8. The first-order valence-electron chi connectivity index (χ1n) is 7.71. The Bertz CT molecular complexity index is 627. The van der Waals surface area contributed by atoms with E-state index in [0.29, 0.717) is 12.2 Å². The molecule has 0 unspecified atom stereocenters. The summed E-state index contributed by atoms with van der Waals surface area (Å²) >= 11 is 0. The summed E-state index contributed by atoms with van der Waals surface area (Å²) in [5, 5.41) is 11.5.